The molecule has 1 aromatic heterocycles. The molecule has 0 aliphatic carbocycles. The van der Waals surface area contributed by atoms with Gasteiger partial charge in [0, 0.05) is 5.56 Å². The van der Waals surface area contributed by atoms with Gasteiger partial charge in [0.15, 0.2) is 11.6 Å². The number of carbonyl (C=O) groups is 1. The fourth-order valence-corrected chi connectivity index (χ4v) is 2.63. The number of nitrogens with zero attached hydrogens (tertiary/aromatic N) is 3. The van der Waals surface area contributed by atoms with Crippen LogP contribution in [-0.2, 0) is 26.0 Å². The number of carbonyl (C=O) groups excluding carboxylic acids is 1. The second kappa shape index (κ2) is 6.63. The van der Waals surface area contributed by atoms with Gasteiger partial charge in [-0.1, -0.05) is 11.6 Å². The van der Waals surface area contributed by atoms with Crippen molar-refractivity contribution in [2.24, 2.45) is 0 Å². The Kier molecular flexibility index (Phi) is 5.00. The maximum Gasteiger partial charge on any atom is 0.313 e. The Balaban J connectivity index is 2.48. The minimum atomic E-state index is -3.78. The fourth-order valence-electron chi connectivity index (χ4n) is 1.80. The Hall–Kier alpha value is -2.00. The highest BCUT2D eigenvalue weighted by Gasteiger charge is 2.21. The molecule has 0 N–H and O–H groups in total. The van der Waals surface area contributed by atoms with Gasteiger partial charge in [-0.15, -0.1) is 9.19 Å². The summed E-state index contributed by atoms with van der Waals surface area (Å²) in [5, 5.41) is 3.76. The number of ether oxygens (including phenoxy) is 1. The van der Waals surface area contributed by atoms with Crippen LogP contribution in [0.15, 0.2) is 18.2 Å². The smallest absolute Gasteiger partial charge is 0.313 e. The van der Waals surface area contributed by atoms with Gasteiger partial charge in [0.05, 0.1) is 17.9 Å². The van der Waals surface area contributed by atoms with Gasteiger partial charge in [0.2, 0.25) is 0 Å². The van der Waals surface area contributed by atoms with E-state index < -0.39 is 21.8 Å². The zero-order valence-corrected chi connectivity index (χ0v) is 13.9. The summed E-state index contributed by atoms with van der Waals surface area (Å²) in [5.74, 6) is -1.48. The topological polar surface area (TPSA) is 91.2 Å². The van der Waals surface area contributed by atoms with Gasteiger partial charge in [-0.25, -0.2) is 17.8 Å². The molecular formula is C13H13ClFN3O4S. The summed E-state index contributed by atoms with van der Waals surface area (Å²) in [5.41, 5.74) is 0.236. The third-order valence-electron chi connectivity index (χ3n) is 2.74. The maximum absolute atomic E-state index is 13.5. The Morgan fingerprint density at radius 2 is 2.13 bits per heavy atom. The van der Waals surface area contributed by atoms with Crippen LogP contribution in [0.5, 0.6) is 0 Å². The van der Waals surface area contributed by atoms with Crippen molar-refractivity contribution in [2.45, 2.75) is 13.3 Å². The average Bonchev–Trinajstić information content (AvgIpc) is 2.86. The molecule has 0 radical (unpaired) electrons. The first-order valence-electron chi connectivity index (χ1n) is 6.50. The monoisotopic (exact) mass is 361 g/mol. The van der Waals surface area contributed by atoms with Crippen LogP contribution in [0.25, 0.3) is 11.4 Å². The molecular weight excluding hydrogens is 349 g/mol. The van der Waals surface area contributed by atoms with E-state index in [4.69, 9.17) is 16.3 Å². The summed E-state index contributed by atoms with van der Waals surface area (Å²) < 4.78 is 42.5. The Morgan fingerprint density at radius 3 is 2.70 bits per heavy atom. The predicted molar refractivity (Wildman–Crippen MR) is 81.0 cm³/mol. The van der Waals surface area contributed by atoms with Crippen LogP contribution >= 0.6 is 11.6 Å². The minimum Gasteiger partial charge on any atom is -0.466 e. The minimum absolute atomic E-state index is 0.0368. The third kappa shape index (κ3) is 4.05. The van der Waals surface area contributed by atoms with Gasteiger partial charge in [-0.2, -0.15) is 0 Å². The molecule has 0 spiro atoms. The van der Waals surface area contributed by atoms with Crippen LogP contribution in [0.1, 0.15) is 12.7 Å². The fraction of sp³-hybridized carbons (Fsp3) is 0.308. The number of halogens is 2. The highest BCUT2D eigenvalue weighted by Crippen LogP contribution is 2.22. The van der Waals surface area contributed by atoms with Gasteiger partial charge in [0.1, 0.15) is 12.2 Å². The summed E-state index contributed by atoms with van der Waals surface area (Å²) in [7, 11) is -3.78. The molecule has 2 aromatic rings. The van der Waals surface area contributed by atoms with Crippen molar-refractivity contribution in [1.82, 2.24) is 14.2 Å². The lowest BCUT2D eigenvalue weighted by Crippen LogP contribution is -2.19. The van der Waals surface area contributed by atoms with E-state index in [2.05, 4.69) is 10.1 Å². The molecule has 0 fully saturated rings. The molecule has 0 bridgehead atoms. The highest BCUT2D eigenvalue weighted by molar-refractivity contribution is 7.89. The van der Waals surface area contributed by atoms with E-state index in [-0.39, 0.29) is 35.3 Å². The maximum atomic E-state index is 13.5. The van der Waals surface area contributed by atoms with E-state index in [1.165, 1.54) is 12.1 Å². The molecule has 0 amide bonds. The van der Waals surface area contributed by atoms with Crippen LogP contribution in [0.4, 0.5) is 4.39 Å². The molecule has 10 heteroatoms. The highest BCUT2D eigenvalue weighted by atomic mass is 35.5. The SMILES string of the molecule is CCOC(=O)Cc1nc(-c2ccc(Cl)c(F)c2)nn1S(C)(=O)=O. The molecule has 0 unspecified atom stereocenters. The molecule has 2 rings (SSSR count). The zero-order valence-electron chi connectivity index (χ0n) is 12.3. The number of esters is 1. The Labute approximate surface area is 137 Å². The normalized spacial score (nSPS) is 11.5. The van der Waals surface area contributed by atoms with E-state index in [0.717, 1.165) is 12.3 Å². The molecule has 0 saturated carbocycles. The average molecular weight is 362 g/mol. The molecule has 1 aromatic carbocycles. The summed E-state index contributed by atoms with van der Waals surface area (Å²) in [6.45, 7) is 1.78. The molecule has 0 aliphatic heterocycles. The lowest BCUT2D eigenvalue weighted by Gasteiger charge is -2.02. The zero-order chi connectivity index (χ0) is 17.2. The van der Waals surface area contributed by atoms with Crippen molar-refractivity contribution in [3.8, 4) is 11.4 Å². The van der Waals surface area contributed by atoms with Gasteiger partial charge in [-0.3, -0.25) is 4.79 Å². The molecule has 0 atom stereocenters. The van der Waals surface area contributed by atoms with Crippen molar-refractivity contribution in [3.05, 3.63) is 34.9 Å². The van der Waals surface area contributed by atoms with Crippen LogP contribution < -0.4 is 0 Å². The number of benzene rings is 1. The molecule has 0 aliphatic rings. The molecule has 23 heavy (non-hydrogen) atoms. The van der Waals surface area contributed by atoms with E-state index in [1.807, 2.05) is 0 Å². The lowest BCUT2D eigenvalue weighted by atomic mass is 10.2. The number of hydrogen-bond acceptors (Lipinski definition) is 6. The molecule has 7 nitrogen and oxygen atoms in total. The van der Waals surface area contributed by atoms with Crippen molar-refractivity contribution in [3.63, 3.8) is 0 Å². The summed E-state index contributed by atoms with van der Waals surface area (Å²) in [6, 6.07) is 3.83. The van der Waals surface area contributed by atoms with E-state index in [1.54, 1.807) is 6.92 Å². The Bertz CT molecular complexity index is 851. The van der Waals surface area contributed by atoms with Gasteiger partial charge < -0.3 is 4.74 Å². The van der Waals surface area contributed by atoms with E-state index in [9.17, 15) is 17.6 Å². The summed E-state index contributed by atoms with van der Waals surface area (Å²) in [6.07, 6.45) is 0.548. The van der Waals surface area contributed by atoms with Crippen molar-refractivity contribution >= 4 is 27.6 Å². The number of aromatic nitrogens is 3. The lowest BCUT2D eigenvalue weighted by molar-refractivity contribution is -0.142. The van der Waals surface area contributed by atoms with E-state index >= 15 is 0 Å². The van der Waals surface area contributed by atoms with Crippen LogP contribution in [0.2, 0.25) is 5.02 Å². The quantitative estimate of drug-likeness (QED) is 0.752. The first-order valence-corrected chi connectivity index (χ1v) is 8.72. The van der Waals surface area contributed by atoms with Gasteiger partial charge >= 0.3 is 5.97 Å². The first kappa shape index (κ1) is 17.4. The second-order valence-corrected chi connectivity index (χ2v) is 6.79. The first-order chi connectivity index (χ1) is 10.7. The largest absolute Gasteiger partial charge is 0.466 e. The second-order valence-electron chi connectivity index (χ2n) is 4.57. The Morgan fingerprint density at radius 1 is 1.43 bits per heavy atom. The van der Waals surface area contributed by atoms with Gasteiger partial charge in [0.25, 0.3) is 10.0 Å². The van der Waals surface area contributed by atoms with Crippen LogP contribution in [0, 0.1) is 5.82 Å². The standard InChI is InChI=1S/C13H13ClFN3O4S/c1-3-22-12(19)7-11-16-13(17-18(11)23(2,20)21)8-4-5-9(14)10(15)6-8/h4-6H,3,7H2,1-2H3. The van der Waals surface area contributed by atoms with Crippen molar-refractivity contribution in [2.75, 3.05) is 12.9 Å². The number of hydrogen-bond donors (Lipinski definition) is 0. The molecule has 1 heterocycles. The summed E-state index contributed by atoms with van der Waals surface area (Å²) in [4.78, 5) is 15.6. The molecule has 124 valence electrons. The predicted octanol–water partition coefficient (Wildman–Crippen LogP) is 1.65. The third-order valence-corrected chi connectivity index (χ3v) is 3.97. The van der Waals surface area contributed by atoms with Crippen LogP contribution in [0.3, 0.4) is 0 Å². The van der Waals surface area contributed by atoms with Crippen molar-refractivity contribution in [1.29, 1.82) is 0 Å². The summed E-state index contributed by atoms with van der Waals surface area (Å²) >= 11 is 5.60. The molecule has 0 saturated heterocycles. The number of rotatable bonds is 5. The van der Waals surface area contributed by atoms with Crippen molar-refractivity contribution < 1.29 is 22.3 Å². The van der Waals surface area contributed by atoms with Crippen LogP contribution in [-0.4, -0.2) is 41.4 Å². The van der Waals surface area contributed by atoms with Gasteiger partial charge in [-0.05, 0) is 25.1 Å². The van der Waals surface area contributed by atoms with E-state index in [0.29, 0.717) is 4.09 Å².